The maximum atomic E-state index is 12.7. The minimum atomic E-state index is -0.838. The first kappa shape index (κ1) is 20.1. The van der Waals surface area contributed by atoms with Gasteiger partial charge in [0, 0.05) is 32.2 Å². The predicted octanol–water partition coefficient (Wildman–Crippen LogP) is -0.831. The van der Waals surface area contributed by atoms with Gasteiger partial charge in [0.05, 0.1) is 13.1 Å². The van der Waals surface area contributed by atoms with E-state index in [-0.39, 0.29) is 24.3 Å². The van der Waals surface area contributed by atoms with Crippen LogP contribution in [-0.4, -0.2) is 89.4 Å². The molecule has 0 aromatic carbocycles. The van der Waals surface area contributed by atoms with Crippen molar-refractivity contribution in [3.05, 3.63) is 0 Å². The molecule has 3 N–H and O–H groups in total. The number of nitrogens with one attached hydrogen (secondary N) is 3. The third-order valence-corrected chi connectivity index (χ3v) is 6.25. The molecule has 160 valence electrons. The summed E-state index contributed by atoms with van der Waals surface area (Å²) in [6.07, 6.45) is 6.26. The lowest BCUT2D eigenvalue weighted by molar-refractivity contribution is -0.140. The van der Waals surface area contributed by atoms with Gasteiger partial charge in [0.15, 0.2) is 0 Å². The van der Waals surface area contributed by atoms with Gasteiger partial charge in [-0.25, -0.2) is 4.79 Å². The Morgan fingerprint density at radius 2 is 1.52 bits per heavy atom. The Kier molecular flexibility index (Phi) is 5.73. The highest BCUT2D eigenvalue weighted by molar-refractivity contribution is 6.08. The smallest absolute Gasteiger partial charge is 0.344 e. The van der Waals surface area contributed by atoms with Crippen molar-refractivity contribution in [2.45, 2.75) is 56.5 Å². The number of urea groups is 1. The van der Waals surface area contributed by atoms with Gasteiger partial charge in [0.25, 0.3) is 11.8 Å². The fourth-order valence-corrected chi connectivity index (χ4v) is 4.39. The number of carbonyl (C=O) groups excluding carboxylic acids is 4. The maximum Gasteiger partial charge on any atom is 0.344 e. The van der Waals surface area contributed by atoms with Crippen molar-refractivity contribution in [2.24, 2.45) is 0 Å². The van der Waals surface area contributed by atoms with E-state index >= 15 is 0 Å². The highest BCUT2D eigenvalue weighted by Crippen LogP contribution is 2.32. The molecule has 0 bridgehead atoms. The van der Waals surface area contributed by atoms with E-state index in [0.29, 0.717) is 51.6 Å². The molecule has 1 spiro atoms. The number of carbonyl (C=O) groups is 4. The number of rotatable bonds is 6. The lowest BCUT2D eigenvalue weighted by atomic mass is 9.82. The van der Waals surface area contributed by atoms with Crippen LogP contribution in [0.1, 0.15) is 44.9 Å². The van der Waals surface area contributed by atoms with E-state index < -0.39 is 11.6 Å². The zero-order valence-electron chi connectivity index (χ0n) is 16.7. The van der Waals surface area contributed by atoms with Gasteiger partial charge in [-0.15, -0.1) is 0 Å². The molecule has 0 atom stereocenters. The standard InChI is InChI=1S/C19H30N6O4/c26-15(20-14-4-5-14)12-23-8-10-24(11-9-23)13-16(27)22-25-17(28)19(21-18(25)29)6-2-1-3-7-19/h14H,1-13H2,(H,20,26)(H,21,29)(H,22,27). The van der Waals surface area contributed by atoms with Gasteiger partial charge in [-0.05, 0) is 25.7 Å². The number of amides is 5. The Labute approximate surface area is 170 Å². The number of hydrogen-bond acceptors (Lipinski definition) is 6. The molecule has 2 saturated carbocycles. The van der Waals surface area contributed by atoms with E-state index in [1.807, 2.05) is 4.90 Å². The fraction of sp³-hybridized carbons (Fsp3) is 0.789. The van der Waals surface area contributed by atoms with Crippen LogP contribution >= 0.6 is 0 Å². The van der Waals surface area contributed by atoms with Gasteiger partial charge in [-0.1, -0.05) is 19.3 Å². The SMILES string of the molecule is O=C(CN1CCN(CC(=O)NN2C(=O)NC3(CCCCC3)C2=O)CC1)NC1CC1. The average Bonchev–Trinajstić information content (AvgIpc) is 3.48. The van der Waals surface area contributed by atoms with E-state index in [4.69, 9.17) is 0 Å². The molecule has 2 aliphatic carbocycles. The minimum Gasteiger partial charge on any atom is -0.352 e. The van der Waals surface area contributed by atoms with Crippen molar-refractivity contribution < 1.29 is 19.2 Å². The van der Waals surface area contributed by atoms with Crippen LogP contribution in [0, 0.1) is 0 Å². The molecule has 0 aromatic rings. The first-order valence-electron chi connectivity index (χ1n) is 10.7. The third kappa shape index (κ3) is 4.69. The van der Waals surface area contributed by atoms with E-state index in [9.17, 15) is 19.2 Å². The van der Waals surface area contributed by atoms with Crippen molar-refractivity contribution >= 4 is 23.8 Å². The van der Waals surface area contributed by atoms with Crippen molar-refractivity contribution in [3.8, 4) is 0 Å². The number of piperazine rings is 1. The second-order valence-electron chi connectivity index (χ2n) is 8.64. The number of hydrazine groups is 1. The van der Waals surface area contributed by atoms with Crippen LogP contribution in [0.5, 0.6) is 0 Å². The molecule has 2 aliphatic heterocycles. The Morgan fingerprint density at radius 1 is 0.931 bits per heavy atom. The molecular formula is C19H30N6O4. The fourth-order valence-electron chi connectivity index (χ4n) is 4.39. The number of hydrogen-bond donors (Lipinski definition) is 3. The molecule has 5 amide bonds. The summed E-state index contributed by atoms with van der Waals surface area (Å²) in [5.41, 5.74) is 1.64. The number of nitrogens with zero attached hydrogens (tertiary/aromatic N) is 3. The highest BCUT2D eigenvalue weighted by Gasteiger charge is 2.52. The van der Waals surface area contributed by atoms with E-state index in [0.717, 1.165) is 37.1 Å². The minimum absolute atomic E-state index is 0.0638. The second-order valence-corrected chi connectivity index (χ2v) is 8.64. The Morgan fingerprint density at radius 3 is 2.10 bits per heavy atom. The van der Waals surface area contributed by atoms with Gasteiger partial charge in [-0.2, -0.15) is 5.01 Å². The largest absolute Gasteiger partial charge is 0.352 e. The molecular weight excluding hydrogens is 376 g/mol. The highest BCUT2D eigenvalue weighted by atomic mass is 16.2. The van der Waals surface area contributed by atoms with Crippen molar-refractivity contribution in [3.63, 3.8) is 0 Å². The van der Waals surface area contributed by atoms with Crippen LogP contribution in [0.4, 0.5) is 4.79 Å². The summed E-state index contributed by atoms with van der Waals surface area (Å²) in [4.78, 5) is 53.3. The summed E-state index contributed by atoms with van der Waals surface area (Å²) in [6.45, 7) is 3.24. The molecule has 0 unspecified atom stereocenters. The lowest BCUT2D eigenvalue weighted by Gasteiger charge is -2.34. The van der Waals surface area contributed by atoms with Crippen LogP contribution in [0.25, 0.3) is 0 Å². The Bertz CT molecular complexity index is 680. The Hall–Kier alpha value is -2.20. The monoisotopic (exact) mass is 406 g/mol. The van der Waals surface area contributed by atoms with Crippen LogP contribution in [-0.2, 0) is 14.4 Å². The predicted molar refractivity (Wildman–Crippen MR) is 103 cm³/mol. The van der Waals surface area contributed by atoms with Crippen molar-refractivity contribution in [1.82, 2.24) is 30.9 Å². The molecule has 2 saturated heterocycles. The first-order chi connectivity index (χ1) is 13.9. The Balaban J connectivity index is 1.20. The van der Waals surface area contributed by atoms with E-state index in [2.05, 4.69) is 21.0 Å². The van der Waals surface area contributed by atoms with E-state index in [1.54, 1.807) is 0 Å². The first-order valence-corrected chi connectivity index (χ1v) is 10.7. The lowest BCUT2D eigenvalue weighted by Crippen LogP contribution is -2.55. The normalized spacial score (nSPS) is 25.2. The van der Waals surface area contributed by atoms with E-state index in [1.165, 1.54) is 0 Å². The van der Waals surface area contributed by atoms with Gasteiger partial charge < -0.3 is 10.6 Å². The van der Waals surface area contributed by atoms with Gasteiger partial charge >= 0.3 is 6.03 Å². The van der Waals surface area contributed by atoms with Crippen LogP contribution < -0.4 is 16.1 Å². The van der Waals surface area contributed by atoms with Gasteiger partial charge in [-0.3, -0.25) is 29.6 Å². The summed E-state index contributed by atoms with van der Waals surface area (Å²) < 4.78 is 0. The summed E-state index contributed by atoms with van der Waals surface area (Å²) >= 11 is 0. The summed E-state index contributed by atoms with van der Waals surface area (Å²) in [5, 5.41) is 6.62. The number of imide groups is 1. The van der Waals surface area contributed by atoms with Crippen molar-refractivity contribution in [1.29, 1.82) is 0 Å². The molecule has 10 heteroatoms. The zero-order chi connectivity index (χ0) is 20.4. The maximum absolute atomic E-state index is 12.7. The molecule has 4 aliphatic rings. The molecule has 2 heterocycles. The van der Waals surface area contributed by atoms with Crippen LogP contribution in [0.2, 0.25) is 0 Å². The third-order valence-electron chi connectivity index (χ3n) is 6.25. The van der Waals surface area contributed by atoms with Gasteiger partial charge in [0.2, 0.25) is 5.91 Å². The molecule has 10 nitrogen and oxygen atoms in total. The van der Waals surface area contributed by atoms with Crippen LogP contribution in [0.3, 0.4) is 0 Å². The van der Waals surface area contributed by atoms with Crippen molar-refractivity contribution in [2.75, 3.05) is 39.3 Å². The average molecular weight is 406 g/mol. The summed E-state index contributed by atoms with van der Waals surface area (Å²) in [7, 11) is 0. The second kappa shape index (κ2) is 8.27. The summed E-state index contributed by atoms with van der Waals surface area (Å²) in [5.74, 6) is -0.655. The molecule has 4 rings (SSSR count). The topological polar surface area (TPSA) is 114 Å². The molecule has 0 radical (unpaired) electrons. The quantitative estimate of drug-likeness (QED) is 0.496. The van der Waals surface area contributed by atoms with Crippen LogP contribution in [0.15, 0.2) is 0 Å². The van der Waals surface area contributed by atoms with Gasteiger partial charge in [0.1, 0.15) is 5.54 Å². The summed E-state index contributed by atoms with van der Waals surface area (Å²) in [6, 6.07) is -0.178. The molecule has 29 heavy (non-hydrogen) atoms. The molecule has 4 fully saturated rings. The zero-order valence-corrected chi connectivity index (χ0v) is 16.7. The molecule has 0 aromatic heterocycles.